The quantitative estimate of drug-likeness (QED) is 0.886. The topological polar surface area (TPSA) is 39.2 Å². The number of nitrogens with two attached hydrogens (primary N) is 1. The van der Waals surface area contributed by atoms with Crippen molar-refractivity contribution in [3.63, 3.8) is 0 Å². The molecule has 1 aliphatic rings. The highest BCUT2D eigenvalue weighted by atomic mass is 16.3. The van der Waals surface area contributed by atoms with Crippen LogP contribution in [0.1, 0.15) is 52.7 Å². The molecule has 2 aromatic rings. The van der Waals surface area contributed by atoms with E-state index in [2.05, 4.69) is 24.3 Å². The van der Waals surface area contributed by atoms with E-state index < -0.39 is 0 Å². The summed E-state index contributed by atoms with van der Waals surface area (Å²) >= 11 is 0. The summed E-state index contributed by atoms with van der Waals surface area (Å²) in [6, 6.07) is 8.70. The van der Waals surface area contributed by atoms with Gasteiger partial charge in [0.25, 0.3) is 0 Å². The molecule has 1 unspecified atom stereocenters. The van der Waals surface area contributed by atoms with Gasteiger partial charge < -0.3 is 10.2 Å². The summed E-state index contributed by atoms with van der Waals surface area (Å²) in [4.78, 5) is 0. The van der Waals surface area contributed by atoms with E-state index in [1.54, 1.807) is 0 Å². The van der Waals surface area contributed by atoms with Crippen molar-refractivity contribution >= 4 is 0 Å². The van der Waals surface area contributed by atoms with E-state index in [9.17, 15) is 0 Å². The standard InChI is InChI=1S/C17H21NO/c1-11-9-16(12(2)19-11)17(18)15-8-7-13-5-3-4-6-14(13)10-15/h7-10,17H,3-6,18H2,1-2H3. The molecule has 100 valence electrons. The number of rotatable bonds is 2. The van der Waals surface area contributed by atoms with E-state index in [0.29, 0.717) is 0 Å². The molecule has 2 heteroatoms. The maximum Gasteiger partial charge on any atom is 0.106 e. The van der Waals surface area contributed by atoms with Crippen molar-refractivity contribution < 1.29 is 4.42 Å². The molecule has 1 aromatic carbocycles. The van der Waals surface area contributed by atoms with Gasteiger partial charge >= 0.3 is 0 Å². The van der Waals surface area contributed by atoms with Crippen molar-refractivity contribution in [2.75, 3.05) is 0 Å². The van der Waals surface area contributed by atoms with Crippen LogP contribution in [0.5, 0.6) is 0 Å². The molecular weight excluding hydrogens is 234 g/mol. The third kappa shape index (κ3) is 2.33. The smallest absolute Gasteiger partial charge is 0.106 e. The van der Waals surface area contributed by atoms with E-state index >= 15 is 0 Å². The monoisotopic (exact) mass is 255 g/mol. The molecule has 0 saturated carbocycles. The summed E-state index contributed by atoms with van der Waals surface area (Å²) in [6.45, 7) is 3.96. The fourth-order valence-electron chi connectivity index (χ4n) is 3.09. The fraction of sp³-hybridized carbons (Fsp3) is 0.412. The highest BCUT2D eigenvalue weighted by Gasteiger charge is 2.17. The van der Waals surface area contributed by atoms with Gasteiger partial charge in [-0.2, -0.15) is 0 Å². The number of hydrogen-bond donors (Lipinski definition) is 1. The molecule has 1 aromatic heterocycles. The van der Waals surface area contributed by atoms with Crippen LogP contribution in [0.2, 0.25) is 0 Å². The molecule has 2 N–H and O–H groups in total. The van der Waals surface area contributed by atoms with Crippen LogP contribution in [0.25, 0.3) is 0 Å². The Morgan fingerprint density at radius 3 is 2.47 bits per heavy atom. The first kappa shape index (κ1) is 12.5. The van der Waals surface area contributed by atoms with Gasteiger partial charge in [0.05, 0.1) is 6.04 Å². The Hall–Kier alpha value is -1.54. The molecule has 19 heavy (non-hydrogen) atoms. The highest BCUT2D eigenvalue weighted by Crippen LogP contribution is 2.29. The molecule has 1 aliphatic carbocycles. The molecule has 0 saturated heterocycles. The SMILES string of the molecule is Cc1cc(C(N)c2ccc3c(c2)CCCC3)c(C)o1. The maximum atomic E-state index is 6.40. The van der Waals surface area contributed by atoms with Gasteiger partial charge in [-0.3, -0.25) is 0 Å². The summed E-state index contributed by atoms with van der Waals surface area (Å²) in [5, 5.41) is 0. The van der Waals surface area contributed by atoms with Gasteiger partial charge in [-0.15, -0.1) is 0 Å². The minimum atomic E-state index is -0.0790. The second-order valence-corrected chi connectivity index (χ2v) is 5.58. The molecule has 0 aliphatic heterocycles. The molecule has 2 nitrogen and oxygen atoms in total. The van der Waals surface area contributed by atoms with Crippen molar-refractivity contribution in [2.24, 2.45) is 5.73 Å². The van der Waals surface area contributed by atoms with Crippen LogP contribution in [0, 0.1) is 13.8 Å². The Morgan fingerprint density at radius 2 is 1.79 bits per heavy atom. The Kier molecular flexibility index (Phi) is 3.19. The normalized spacial score (nSPS) is 16.2. The number of benzene rings is 1. The lowest BCUT2D eigenvalue weighted by Crippen LogP contribution is -2.13. The summed E-state index contributed by atoms with van der Waals surface area (Å²) < 4.78 is 5.59. The Bertz CT molecular complexity index is 597. The number of aryl methyl sites for hydroxylation is 4. The molecule has 1 atom stereocenters. The van der Waals surface area contributed by atoms with Crippen LogP contribution in [-0.2, 0) is 12.8 Å². The molecule has 0 fully saturated rings. The average Bonchev–Trinajstić information content (AvgIpc) is 2.76. The van der Waals surface area contributed by atoms with Crippen LogP contribution >= 0.6 is 0 Å². The van der Waals surface area contributed by atoms with Gasteiger partial charge in [-0.1, -0.05) is 18.2 Å². The molecule has 0 spiro atoms. The van der Waals surface area contributed by atoms with Crippen LogP contribution in [-0.4, -0.2) is 0 Å². The minimum absolute atomic E-state index is 0.0790. The Balaban J connectivity index is 1.95. The lowest BCUT2D eigenvalue weighted by molar-refractivity contribution is 0.499. The lowest BCUT2D eigenvalue weighted by atomic mass is 9.88. The van der Waals surface area contributed by atoms with Crippen molar-refractivity contribution in [1.29, 1.82) is 0 Å². The van der Waals surface area contributed by atoms with Gasteiger partial charge in [0.15, 0.2) is 0 Å². The predicted molar refractivity (Wildman–Crippen MR) is 77.3 cm³/mol. The third-order valence-corrected chi connectivity index (χ3v) is 4.15. The van der Waals surface area contributed by atoms with E-state index in [0.717, 1.165) is 17.1 Å². The summed E-state index contributed by atoms with van der Waals surface area (Å²) in [5.74, 6) is 1.86. The molecule has 0 amide bonds. The minimum Gasteiger partial charge on any atom is -0.466 e. The van der Waals surface area contributed by atoms with E-state index in [4.69, 9.17) is 10.2 Å². The highest BCUT2D eigenvalue weighted by molar-refractivity contribution is 5.40. The summed E-state index contributed by atoms with van der Waals surface area (Å²) in [6.07, 6.45) is 5.03. The largest absolute Gasteiger partial charge is 0.466 e. The van der Waals surface area contributed by atoms with Gasteiger partial charge in [0, 0.05) is 5.56 Å². The van der Waals surface area contributed by atoms with Crippen molar-refractivity contribution in [2.45, 2.75) is 45.6 Å². The van der Waals surface area contributed by atoms with Crippen molar-refractivity contribution in [1.82, 2.24) is 0 Å². The van der Waals surface area contributed by atoms with Crippen molar-refractivity contribution in [3.8, 4) is 0 Å². The lowest BCUT2D eigenvalue weighted by Gasteiger charge is -2.19. The van der Waals surface area contributed by atoms with Gasteiger partial charge in [0.2, 0.25) is 0 Å². The maximum absolute atomic E-state index is 6.40. The van der Waals surface area contributed by atoms with E-state index in [1.807, 2.05) is 13.8 Å². The zero-order chi connectivity index (χ0) is 13.4. The van der Waals surface area contributed by atoms with Crippen LogP contribution in [0.4, 0.5) is 0 Å². The van der Waals surface area contributed by atoms with E-state index in [1.165, 1.54) is 42.4 Å². The number of hydrogen-bond acceptors (Lipinski definition) is 2. The van der Waals surface area contributed by atoms with Gasteiger partial charge in [-0.25, -0.2) is 0 Å². The predicted octanol–water partition coefficient (Wildman–Crippen LogP) is 3.82. The average molecular weight is 255 g/mol. The van der Waals surface area contributed by atoms with Crippen LogP contribution in [0.15, 0.2) is 28.7 Å². The molecule has 0 radical (unpaired) electrons. The van der Waals surface area contributed by atoms with Gasteiger partial charge in [-0.05, 0) is 62.3 Å². The summed E-state index contributed by atoms with van der Waals surface area (Å²) in [5.41, 5.74) is 11.7. The van der Waals surface area contributed by atoms with Crippen LogP contribution in [0.3, 0.4) is 0 Å². The van der Waals surface area contributed by atoms with E-state index in [-0.39, 0.29) is 6.04 Å². The molecule has 0 bridgehead atoms. The van der Waals surface area contributed by atoms with Crippen LogP contribution < -0.4 is 5.73 Å². The number of furan rings is 1. The molecule has 3 rings (SSSR count). The molecule has 1 heterocycles. The number of fused-ring (bicyclic) bond motifs is 1. The van der Waals surface area contributed by atoms with Crippen molar-refractivity contribution in [3.05, 3.63) is 58.0 Å². The van der Waals surface area contributed by atoms with Gasteiger partial charge in [0.1, 0.15) is 11.5 Å². The second-order valence-electron chi connectivity index (χ2n) is 5.58. The first-order chi connectivity index (χ1) is 9.15. The zero-order valence-corrected chi connectivity index (χ0v) is 11.7. The zero-order valence-electron chi connectivity index (χ0n) is 11.7. The second kappa shape index (κ2) is 4.86. The third-order valence-electron chi connectivity index (χ3n) is 4.15. The Labute approximate surface area is 114 Å². The molecular formula is C17H21NO. The summed E-state index contributed by atoms with van der Waals surface area (Å²) in [7, 11) is 0. The fourth-order valence-corrected chi connectivity index (χ4v) is 3.09. The Morgan fingerprint density at radius 1 is 1.05 bits per heavy atom. The first-order valence-corrected chi connectivity index (χ1v) is 7.09. The first-order valence-electron chi connectivity index (χ1n) is 7.09.